The van der Waals surface area contributed by atoms with Crippen molar-refractivity contribution >= 4 is 29.5 Å². The van der Waals surface area contributed by atoms with Crippen LogP contribution in [0.2, 0.25) is 0 Å². The minimum atomic E-state index is -0.415. The lowest BCUT2D eigenvalue weighted by Gasteiger charge is -2.09. The van der Waals surface area contributed by atoms with Crippen molar-refractivity contribution in [1.29, 1.82) is 5.26 Å². The molecule has 2 aromatic rings. The van der Waals surface area contributed by atoms with E-state index in [1.807, 2.05) is 53.9 Å². The van der Waals surface area contributed by atoms with E-state index in [0.29, 0.717) is 21.5 Å². The molecule has 1 aliphatic rings. The molecule has 1 fully saturated rings. The van der Waals surface area contributed by atoms with Crippen LogP contribution in [0, 0.1) is 11.3 Å². The molecule has 5 heteroatoms. The third-order valence-corrected chi connectivity index (χ3v) is 6.34. The van der Waals surface area contributed by atoms with Gasteiger partial charge in [-0.1, -0.05) is 12.1 Å². The molecule has 0 unspecified atom stereocenters. The van der Waals surface area contributed by atoms with Gasteiger partial charge in [0.1, 0.15) is 5.75 Å². The van der Waals surface area contributed by atoms with Crippen molar-refractivity contribution in [3.8, 4) is 11.8 Å². The number of nitriles is 1. The highest BCUT2D eigenvalue weighted by Crippen LogP contribution is 2.45. The molecule has 1 aliphatic heterocycles. The second kappa shape index (κ2) is 6.91. The van der Waals surface area contributed by atoms with Crippen LogP contribution in [0.5, 0.6) is 5.75 Å². The van der Waals surface area contributed by atoms with Gasteiger partial charge in [-0.05, 0) is 42.0 Å². The molecule has 110 valence electrons. The van der Waals surface area contributed by atoms with E-state index in [-0.39, 0.29) is 0 Å². The van der Waals surface area contributed by atoms with Crippen LogP contribution in [0.1, 0.15) is 26.1 Å². The Morgan fingerprint density at radius 2 is 1.68 bits per heavy atom. The predicted octanol–water partition coefficient (Wildman–Crippen LogP) is 4.26. The van der Waals surface area contributed by atoms with Gasteiger partial charge >= 0.3 is 5.97 Å². The molecule has 22 heavy (non-hydrogen) atoms. The first-order valence-electron chi connectivity index (χ1n) is 6.82. The number of esters is 1. The van der Waals surface area contributed by atoms with Gasteiger partial charge in [-0.2, -0.15) is 5.26 Å². The van der Waals surface area contributed by atoms with Gasteiger partial charge in [-0.3, -0.25) is 0 Å². The van der Waals surface area contributed by atoms with E-state index in [9.17, 15) is 4.79 Å². The van der Waals surface area contributed by atoms with Crippen LogP contribution >= 0.6 is 23.5 Å². The lowest BCUT2D eigenvalue weighted by atomic mass is 10.1. The van der Waals surface area contributed by atoms with Gasteiger partial charge in [0.05, 0.1) is 21.8 Å². The van der Waals surface area contributed by atoms with Gasteiger partial charge < -0.3 is 4.74 Å². The summed E-state index contributed by atoms with van der Waals surface area (Å²) in [7, 11) is 0. The van der Waals surface area contributed by atoms with Crippen LogP contribution < -0.4 is 4.74 Å². The Kier molecular flexibility index (Phi) is 4.71. The van der Waals surface area contributed by atoms with Crippen LogP contribution in [-0.4, -0.2) is 17.5 Å². The Morgan fingerprint density at radius 1 is 1.05 bits per heavy atom. The minimum Gasteiger partial charge on any atom is -0.423 e. The molecular formula is C17H13NO2S2. The molecule has 0 aromatic heterocycles. The van der Waals surface area contributed by atoms with Gasteiger partial charge in [0, 0.05) is 11.5 Å². The zero-order chi connectivity index (χ0) is 15.4. The maximum atomic E-state index is 12.0. The van der Waals surface area contributed by atoms with Gasteiger partial charge in [0.25, 0.3) is 0 Å². The standard InChI is InChI=1S/C17H13NO2S2/c18-11-12-1-3-13(4-2-12)16(19)20-15-7-5-14(6-8-15)17-21-9-10-22-17/h1-8,17H,9-10H2. The van der Waals surface area contributed by atoms with E-state index in [0.717, 1.165) is 0 Å². The Balaban J connectivity index is 1.66. The van der Waals surface area contributed by atoms with Crippen molar-refractivity contribution in [2.45, 2.75) is 4.58 Å². The quantitative estimate of drug-likeness (QED) is 0.623. The summed E-state index contributed by atoms with van der Waals surface area (Å²) in [6.45, 7) is 0. The average molecular weight is 327 g/mol. The predicted molar refractivity (Wildman–Crippen MR) is 90.2 cm³/mol. The summed E-state index contributed by atoms with van der Waals surface area (Å²) < 4.78 is 5.85. The molecule has 3 nitrogen and oxygen atoms in total. The van der Waals surface area contributed by atoms with Crippen LogP contribution in [0.3, 0.4) is 0 Å². The first kappa shape index (κ1) is 15.0. The average Bonchev–Trinajstić information content (AvgIpc) is 3.10. The molecule has 0 aliphatic carbocycles. The van der Waals surface area contributed by atoms with Crippen LogP contribution in [-0.2, 0) is 0 Å². The number of ether oxygens (including phenoxy) is 1. The lowest BCUT2D eigenvalue weighted by molar-refractivity contribution is 0.0734. The van der Waals surface area contributed by atoms with Crippen molar-refractivity contribution < 1.29 is 9.53 Å². The monoisotopic (exact) mass is 327 g/mol. The van der Waals surface area contributed by atoms with Crippen molar-refractivity contribution in [2.24, 2.45) is 0 Å². The normalized spacial score (nSPS) is 14.5. The number of benzene rings is 2. The van der Waals surface area contributed by atoms with Gasteiger partial charge in [0.2, 0.25) is 0 Å². The first-order valence-corrected chi connectivity index (χ1v) is 8.91. The van der Waals surface area contributed by atoms with Crippen molar-refractivity contribution in [1.82, 2.24) is 0 Å². The number of hydrogen-bond donors (Lipinski definition) is 0. The number of hydrogen-bond acceptors (Lipinski definition) is 5. The van der Waals surface area contributed by atoms with Crippen LogP contribution in [0.25, 0.3) is 0 Å². The third-order valence-electron chi connectivity index (χ3n) is 3.23. The second-order valence-electron chi connectivity index (χ2n) is 4.72. The summed E-state index contributed by atoms with van der Waals surface area (Å²) in [5, 5.41) is 8.75. The number of nitrogens with zero attached hydrogens (tertiary/aromatic N) is 1. The van der Waals surface area contributed by atoms with Gasteiger partial charge in [-0.25, -0.2) is 4.79 Å². The fourth-order valence-corrected chi connectivity index (χ4v) is 4.95. The molecule has 1 saturated heterocycles. The fraction of sp³-hybridized carbons (Fsp3) is 0.176. The molecule has 0 radical (unpaired) electrons. The van der Waals surface area contributed by atoms with Crippen LogP contribution in [0.15, 0.2) is 48.5 Å². The molecule has 1 heterocycles. The first-order chi connectivity index (χ1) is 10.8. The largest absolute Gasteiger partial charge is 0.423 e. The molecule has 0 amide bonds. The summed E-state index contributed by atoms with van der Waals surface area (Å²) in [5.74, 6) is 2.49. The SMILES string of the molecule is N#Cc1ccc(C(=O)Oc2ccc(C3SCCS3)cc2)cc1. The van der Waals surface area contributed by atoms with Crippen molar-refractivity contribution in [3.63, 3.8) is 0 Å². The van der Waals surface area contributed by atoms with E-state index >= 15 is 0 Å². The summed E-state index contributed by atoms with van der Waals surface area (Å²) in [5.41, 5.74) is 2.21. The van der Waals surface area contributed by atoms with E-state index in [1.54, 1.807) is 24.3 Å². The minimum absolute atomic E-state index is 0.415. The van der Waals surface area contributed by atoms with Crippen molar-refractivity contribution in [2.75, 3.05) is 11.5 Å². The molecule has 0 N–H and O–H groups in total. The molecular weight excluding hydrogens is 314 g/mol. The highest BCUT2D eigenvalue weighted by atomic mass is 32.2. The van der Waals surface area contributed by atoms with E-state index in [1.165, 1.54) is 17.1 Å². The Labute approximate surface area is 137 Å². The van der Waals surface area contributed by atoms with E-state index in [4.69, 9.17) is 10.00 Å². The summed E-state index contributed by atoms with van der Waals surface area (Å²) in [4.78, 5) is 12.0. The Hall–Kier alpha value is -1.90. The van der Waals surface area contributed by atoms with Crippen molar-refractivity contribution in [3.05, 3.63) is 65.2 Å². The highest BCUT2D eigenvalue weighted by Gasteiger charge is 2.18. The zero-order valence-electron chi connectivity index (χ0n) is 11.7. The van der Waals surface area contributed by atoms with Gasteiger partial charge in [0.15, 0.2) is 0 Å². The summed E-state index contributed by atoms with van der Waals surface area (Å²) in [6, 6.07) is 16.1. The van der Waals surface area contributed by atoms with Gasteiger partial charge in [-0.15, -0.1) is 23.5 Å². The summed E-state index contributed by atoms with van der Waals surface area (Å²) >= 11 is 3.89. The third kappa shape index (κ3) is 3.46. The zero-order valence-corrected chi connectivity index (χ0v) is 13.3. The second-order valence-corrected chi connectivity index (χ2v) is 7.45. The molecule has 0 atom stereocenters. The molecule has 0 saturated carbocycles. The van der Waals surface area contributed by atoms with E-state index < -0.39 is 5.97 Å². The molecule has 0 bridgehead atoms. The molecule has 2 aromatic carbocycles. The summed E-state index contributed by atoms with van der Waals surface area (Å²) in [6.07, 6.45) is 0. The maximum absolute atomic E-state index is 12.0. The van der Waals surface area contributed by atoms with E-state index in [2.05, 4.69) is 0 Å². The Morgan fingerprint density at radius 3 is 2.27 bits per heavy atom. The smallest absolute Gasteiger partial charge is 0.343 e. The Bertz CT molecular complexity index is 699. The number of rotatable bonds is 3. The fourth-order valence-electron chi connectivity index (χ4n) is 2.09. The maximum Gasteiger partial charge on any atom is 0.343 e. The highest BCUT2D eigenvalue weighted by molar-refractivity contribution is 8.19. The molecule has 0 spiro atoms. The number of thioether (sulfide) groups is 2. The molecule has 3 rings (SSSR count). The topological polar surface area (TPSA) is 50.1 Å². The number of carbonyl (C=O) groups excluding carboxylic acids is 1. The number of carbonyl (C=O) groups is 1. The lowest BCUT2D eigenvalue weighted by Crippen LogP contribution is -2.08. The van der Waals surface area contributed by atoms with Crippen LogP contribution in [0.4, 0.5) is 0 Å².